The highest BCUT2D eigenvalue weighted by atomic mass is 19.1. The monoisotopic (exact) mass is 302 g/mol. The van der Waals surface area contributed by atoms with Crippen LogP contribution in [-0.2, 0) is 6.42 Å². The van der Waals surface area contributed by atoms with Crippen molar-refractivity contribution in [1.82, 2.24) is 15.6 Å². The van der Waals surface area contributed by atoms with Gasteiger partial charge in [-0.2, -0.15) is 0 Å². The minimum absolute atomic E-state index is 0.195. The predicted octanol–water partition coefficient (Wildman–Crippen LogP) is 2.81. The molecule has 0 saturated heterocycles. The average Bonchev–Trinajstić information content (AvgIpc) is 3.26. The SMILES string of the molecule is CN=C(NCCc1c[nH]c2ccc(F)cc12)NCCC1CC1. The van der Waals surface area contributed by atoms with Gasteiger partial charge in [-0.1, -0.05) is 12.8 Å². The number of rotatable bonds is 6. The van der Waals surface area contributed by atoms with E-state index in [0.717, 1.165) is 47.9 Å². The number of hydrogen-bond donors (Lipinski definition) is 3. The number of aliphatic imine (C=N–C) groups is 1. The zero-order valence-corrected chi connectivity index (χ0v) is 13.0. The second-order valence-corrected chi connectivity index (χ2v) is 5.91. The van der Waals surface area contributed by atoms with E-state index in [1.807, 2.05) is 6.20 Å². The lowest BCUT2D eigenvalue weighted by Gasteiger charge is -2.11. The fraction of sp³-hybridized carbons (Fsp3) is 0.471. The summed E-state index contributed by atoms with van der Waals surface area (Å²) in [5.41, 5.74) is 2.10. The van der Waals surface area contributed by atoms with Gasteiger partial charge in [0, 0.05) is 37.2 Å². The molecule has 0 atom stereocenters. The number of H-pyrrole nitrogens is 1. The molecule has 0 aliphatic heterocycles. The Kier molecular flexibility index (Phi) is 4.61. The van der Waals surface area contributed by atoms with E-state index in [0.29, 0.717) is 0 Å². The van der Waals surface area contributed by atoms with Crippen LogP contribution >= 0.6 is 0 Å². The van der Waals surface area contributed by atoms with Gasteiger partial charge in [0.05, 0.1) is 0 Å². The van der Waals surface area contributed by atoms with Crippen LogP contribution in [0.1, 0.15) is 24.8 Å². The van der Waals surface area contributed by atoms with Gasteiger partial charge in [-0.15, -0.1) is 0 Å². The molecule has 0 spiro atoms. The van der Waals surface area contributed by atoms with E-state index in [1.54, 1.807) is 19.2 Å². The number of nitrogens with one attached hydrogen (secondary N) is 3. The normalized spacial score (nSPS) is 15.3. The Hall–Kier alpha value is -2.04. The summed E-state index contributed by atoms with van der Waals surface area (Å²) in [5, 5.41) is 7.61. The Morgan fingerprint density at radius 1 is 1.32 bits per heavy atom. The van der Waals surface area contributed by atoms with Crippen LogP contribution in [0, 0.1) is 11.7 Å². The highest BCUT2D eigenvalue weighted by Gasteiger charge is 2.20. The molecule has 0 radical (unpaired) electrons. The molecule has 1 fully saturated rings. The van der Waals surface area contributed by atoms with E-state index >= 15 is 0 Å². The van der Waals surface area contributed by atoms with Gasteiger partial charge in [0.15, 0.2) is 5.96 Å². The summed E-state index contributed by atoms with van der Waals surface area (Å²) in [7, 11) is 1.79. The number of fused-ring (bicyclic) bond motifs is 1. The van der Waals surface area contributed by atoms with Crippen molar-refractivity contribution < 1.29 is 4.39 Å². The molecule has 3 rings (SSSR count). The molecular weight excluding hydrogens is 279 g/mol. The molecule has 1 aromatic carbocycles. The number of guanidine groups is 1. The van der Waals surface area contributed by atoms with Crippen LogP contribution < -0.4 is 10.6 Å². The van der Waals surface area contributed by atoms with E-state index in [2.05, 4.69) is 20.6 Å². The Morgan fingerprint density at radius 2 is 2.14 bits per heavy atom. The molecule has 5 heteroatoms. The first kappa shape index (κ1) is 14.9. The summed E-state index contributed by atoms with van der Waals surface area (Å²) in [6.07, 6.45) is 6.76. The van der Waals surface area contributed by atoms with Crippen LogP contribution in [0.2, 0.25) is 0 Å². The molecule has 4 nitrogen and oxygen atoms in total. The van der Waals surface area contributed by atoms with E-state index in [4.69, 9.17) is 0 Å². The molecule has 22 heavy (non-hydrogen) atoms. The third kappa shape index (κ3) is 3.78. The standard InChI is InChI=1S/C17H23FN4/c1-19-17(20-8-6-12-2-3-12)21-9-7-13-11-22-16-5-4-14(18)10-15(13)16/h4-5,10-12,22H,2-3,6-9H2,1H3,(H2,19,20,21). The van der Waals surface area contributed by atoms with Crippen LogP contribution in [0.15, 0.2) is 29.4 Å². The summed E-state index contributed by atoms with van der Waals surface area (Å²) in [5.74, 6) is 1.57. The number of hydrogen-bond acceptors (Lipinski definition) is 1. The maximum atomic E-state index is 13.4. The first-order valence-corrected chi connectivity index (χ1v) is 7.96. The summed E-state index contributed by atoms with van der Waals surface area (Å²) in [6, 6.07) is 4.84. The van der Waals surface area contributed by atoms with E-state index in [-0.39, 0.29) is 5.82 Å². The lowest BCUT2D eigenvalue weighted by molar-refractivity contribution is 0.629. The smallest absolute Gasteiger partial charge is 0.190 e. The molecule has 1 aliphatic rings. The van der Waals surface area contributed by atoms with Crippen molar-refractivity contribution >= 4 is 16.9 Å². The van der Waals surface area contributed by atoms with Crippen LogP contribution in [-0.4, -0.2) is 31.1 Å². The largest absolute Gasteiger partial charge is 0.361 e. The minimum Gasteiger partial charge on any atom is -0.361 e. The van der Waals surface area contributed by atoms with Crippen LogP contribution in [0.4, 0.5) is 4.39 Å². The van der Waals surface area contributed by atoms with Crippen molar-refractivity contribution in [3.63, 3.8) is 0 Å². The summed E-state index contributed by atoms with van der Waals surface area (Å²) >= 11 is 0. The summed E-state index contributed by atoms with van der Waals surface area (Å²) < 4.78 is 13.4. The van der Waals surface area contributed by atoms with Crippen LogP contribution in [0.3, 0.4) is 0 Å². The molecule has 0 unspecified atom stereocenters. The number of halogens is 1. The zero-order valence-electron chi connectivity index (χ0n) is 13.0. The quantitative estimate of drug-likeness (QED) is 0.568. The van der Waals surface area contributed by atoms with Gasteiger partial charge in [-0.3, -0.25) is 4.99 Å². The van der Waals surface area contributed by atoms with Crippen molar-refractivity contribution in [2.45, 2.75) is 25.7 Å². The van der Waals surface area contributed by atoms with Gasteiger partial charge in [0.2, 0.25) is 0 Å². The molecule has 2 aromatic rings. The van der Waals surface area contributed by atoms with Crippen molar-refractivity contribution in [2.24, 2.45) is 10.9 Å². The Balaban J connectivity index is 1.49. The van der Waals surface area contributed by atoms with Crippen molar-refractivity contribution in [3.05, 3.63) is 35.8 Å². The third-order valence-electron chi connectivity index (χ3n) is 4.18. The minimum atomic E-state index is -0.195. The molecule has 1 aliphatic carbocycles. The third-order valence-corrected chi connectivity index (χ3v) is 4.18. The van der Waals surface area contributed by atoms with Crippen molar-refractivity contribution in [3.8, 4) is 0 Å². The number of aromatic nitrogens is 1. The topological polar surface area (TPSA) is 52.2 Å². The zero-order chi connectivity index (χ0) is 15.4. The maximum Gasteiger partial charge on any atom is 0.190 e. The lowest BCUT2D eigenvalue weighted by atomic mass is 10.1. The molecule has 1 aromatic heterocycles. The van der Waals surface area contributed by atoms with Gasteiger partial charge >= 0.3 is 0 Å². The van der Waals surface area contributed by atoms with Crippen molar-refractivity contribution in [2.75, 3.05) is 20.1 Å². The predicted molar refractivity (Wildman–Crippen MR) is 88.7 cm³/mol. The van der Waals surface area contributed by atoms with E-state index < -0.39 is 0 Å². The van der Waals surface area contributed by atoms with E-state index in [1.165, 1.54) is 25.3 Å². The van der Waals surface area contributed by atoms with E-state index in [9.17, 15) is 4.39 Å². The van der Waals surface area contributed by atoms with Gasteiger partial charge in [0.25, 0.3) is 0 Å². The molecule has 1 saturated carbocycles. The molecule has 1 heterocycles. The first-order chi connectivity index (χ1) is 10.8. The fourth-order valence-electron chi connectivity index (χ4n) is 2.69. The Labute approximate surface area is 130 Å². The van der Waals surface area contributed by atoms with Crippen molar-refractivity contribution in [1.29, 1.82) is 0 Å². The van der Waals surface area contributed by atoms with Gasteiger partial charge < -0.3 is 15.6 Å². The molecular formula is C17H23FN4. The Morgan fingerprint density at radius 3 is 2.91 bits per heavy atom. The maximum absolute atomic E-state index is 13.4. The molecule has 0 amide bonds. The summed E-state index contributed by atoms with van der Waals surface area (Å²) in [4.78, 5) is 7.41. The Bertz CT molecular complexity index is 658. The highest BCUT2D eigenvalue weighted by molar-refractivity contribution is 5.83. The number of aromatic amines is 1. The first-order valence-electron chi connectivity index (χ1n) is 7.96. The lowest BCUT2D eigenvalue weighted by Crippen LogP contribution is -2.38. The summed E-state index contributed by atoms with van der Waals surface area (Å²) in [6.45, 7) is 1.75. The second kappa shape index (κ2) is 6.81. The average molecular weight is 302 g/mol. The van der Waals surface area contributed by atoms with Gasteiger partial charge in [-0.05, 0) is 42.5 Å². The van der Waals surface area contributed by atoms with Crippen LogP contribution in [0.5, 0.6) is 0 Å². The van der Waals surface area contributed by atoms with Crippen LogP contribution in [0.25, 0.3) is 10.9 Å². The number of nitrogens with zero attached hydrogens (tertiary/aromatic N) is 1. The molecule has 118 valence electrons. The highest BCUT2D eigenvalue weighted by Crippen LogP contribution is 2.31. The van der Waals surface area contributed by atoms with Gasteiger partial charge in [0.1, 0.15) is 5.82 Å². The molecule has 0 bridgehead atoms. The molecule has 3 N–H and O–H groups in total. The number of benzene rings is 1. The fourth-order valence-corrected chi connectivity index (χ4v) is 2.69. The second-order valence-electron chi connectivity index (χ2n) is 5.91. The van der Waals surface area contributed by atoms with Gasteiger partial charge in [-0.25, -0.2) is 4.39 Å².